The van der Waals surface area contributed by atoms with Crippen LogP contribution >= 0.6 is 0 Å². The molecule has 0 radical (unpaired) electrons. The maximum absolute atomic E-state index is 12.7. The number of aliphatic hydroxyl groups excluding tert-OH is 2. The Balaban J connectivity index is 1.75. The van der Waals surface area contributed by atoms with Crippen molar-refractivity contribution in [1.29, 1.82) is 0 Å². The van der Waals surface area contributed by atoms with Gasteiger partial charge in [-0.2, -0.15) is 0 Å². The first-order valence-corrected chi connectivity index (χ1v) is 10.5. The largest absolute Gasteiger partial charge is 0.396 e. The summed E-state index contributed by atoms with van der Waals surface area (Å²) in [4.78, 5) is 2.44. The number of hydrogen-bond donors (Lipinski definition) is 2. The lowest BCUT2D eigenvalue weighted by Gasteiger charge is -2.35. The van der Waals surface area contributed by atoms with Gasteiger partial charge >= 0.3 is 0 Å². The molecule has 5 nitrogen and oxygen atoms in total. The number of benzene rings is 2. The molecule has 6 heteroatoms. The average molecular weight is 375 g/mol. The minimum atomic E-state index is -3.40. The van der Waals surface area contributed by atoms with Gasteiger partial charge in [-0.25, -0.2) is 8.42 Å². The van der Waals surface area contributed by atoms with Crippen LogP contribution in [0.3, 0.4) is 0 Å². The van der Waals surface area contributed by atoms with Crippen LogP contribution in [0.2, 0.25) is 0 Å². The van der Waals surface area contributed by atoms with Gasteiger partial charge in [-0.05, 0) is 36.2 Å². The van der Waals surface area contributed by atoms with Crippen LogP contribution in [-0.4, -0.2) is 49.3 Å². The van der Waals surface area contributed by atoms with Crippen LogP contribution in [0.4, 0.5) is 0 Å². The van der Waals surface area contributed by atoms with Gasteiger partial charge in [0.2, 0.25) is 0 Å². The SMILES string of the molecule is O=S(=O)(Cc1ccccc1CN1CC[C@H](CO)[C@H](O)C1)c1ccccc1. The molecule has 1 heterocycles. The van der Waals surface area contributed by atoms with E-state index in [1.54, 1.807) is 30.3 Å². The molecule has 2 aromatic carbocycles. The predicted octanol–water partition coefficient (Wildman–Crippen LogP) is 1.84. The minimum Gasteiger partial charge on any atom is -0.396 e. The predicted molar refractivity (Wildman–Crippen MR) is 100 cm³/mol. The van der Waals surface area contributed by atoms with Crippen molar-refractivity contribution in [2.75, 3.05) is 19.7 Å². The molecule has 0 saturated carbocycles. The molecule has 1 saturated heterocycles. The van der Waals surface area contributed by atoms with Gasteiger partial charge in [0, 0.05) is 25.6 Å². The summed E-state index contributed by atoms with van der Waals surface area (Å²) in [5.74, 6) is -0.108. The summed E-state index contributed by atoms with van der Waals surface area (Å²) < 4.78 is 25.4. The van der Waals surface area contributed by atoms with Crippen molar-refractivity contribution in [2.24, 2.45) is 5.92 Å². The highest BCUT2D eigenvalue weighted by atomic mass is 32.2. The van der Waals surface area contributed by atoms with Crippen LogP contribution in [-0.2, 0) is 22.1 Å². The van der Waals surface area contributed by atoms with Crippen LogP contribution in [0.5, 0.6) is 0 Å². The number of hydrogen-bond acceptors (Lipinski definition) is 5. The molecule has 140 valence electrons. The van der Waals surface area contributed by atoms with Gasteiger partial charge in [0.1, 0.15) is 0 Å². The van der Waals surface area contributed by atoms with Gasteiger partial charge in [0.25, 0.3) is 0 Å². The fraction of sp³-hybridized carbons (Fsp3) is 0.400. The maximum Gasteiger partial charge on any atom is 0.182 e. The lowest BCUT2D eigenvalue weighted by atomic mass is 9.94. The zero-order valence-corrected chi connectivity index (χ0v) is 15.5. The lowest BCUT2D eigenvalue weighted by molar-refractivity contribution is -0.00450. The van der Waals surface area contributed by atoms with Crippen molar-refractivity contribution >= 4 is 9.84 Å². The van der Waals surface area contributed by atoms with E-state index >= 15 is 0 Å². The van der Waals surface area contributed by atoms with E-state index in [0.717, 1.165) is 24.1 Å². The van der Waals surface area contributed by atoms with Gasteiger partial charge < -0.3 is 10.2 Å². The molecular weight excluding hydrogens is 350 g/mol. The van der Waals surface area contributed by atoms with Gasteiger partial charge in [-0.3, -0.25) is 4.90 Å². The van der Waals surface area contributed by atoms with Gasteiger partial charge in [-0.15, -0.1) is 0 Å². The molecule has 1 fully saturated rings. The second-order valence-electron chi connectivity index (χ2n) is 6.87. The van der Waals surface area contributed by atoms with E-state index in [4.69, 9.17) is 0 Å². The molecule has 0 aromatic heterocycles. The van der Waals surface area contributed by atoms with Crippen LogP contribution in [0, 0.1) is 5.92 Å². The molecule has 2 aromatic rings. The molecule has 1 aliphatic rings. The zero-order chi connectivity index (χ0) is 18.6. The summed E-state index contributed by atoms with van der Waals surface area (Å²) in [6.45, 7) is 1.86. The van der Waals surface area contributed by atoms with E-state index in [1.807, 2.05) is 24.3 Å². The second kappa shape index (κ2) is 8.31. The molecule has 3 rings (SSSR count). The summed E-state index contributed by atoms with van der Waals surface area (Å²) in [7, 11) is -3.40. The smallest absolute Gasteiger partial charge is 0.182 e. The lowest BCUT2D eigenvalue weighted by Crippen LogP contribution is -2.44. The second-order valence-corrected chi connectivity index (χ2v) is 8.86. The van der Waals surface area contributed by atoms with Gasteiger partial charge in [-0.1, -0.05) is 42.5 Å². The number of likely N-dealkylation sites (tertiary alicyclic amines) is 1. The quantitative estimate of drug-likeness (QED) is 0.806. The van der Waals surface area contributed by atoms with Crippen molar-refractivity contribution < 1.29 is 18.6 Å². The summed E-state index contributed by atoms with van der Waals surface area (Å²) in [5.41, 5.74) is 1.75. The molecule has 0 aliphatic carbocycles. The maximum atomic E-state index is 12.7. The topological polar surface area (TPSA) is 77.8 Å². The number of piperidine rings is 1. The van der Waals surface area contributed by atoms with Crippen molar-refractivity contribution in [3.05, 3.63) is 65.7 Å². The van der Waals surface area contributed by atoms with Crippen LogP contribution in [0.1, 0.15) is 17.5 Å². The van der Waals surface area contributed by atoms with E-state index in [9.17, 15) is 18.6 Å². The Labute approximate surface area is 154 Å². The number of rotatable bonds is 6. The van der Waals surface area contributed by atoms with Crippen LogP contribution in [0.25, 0.3) is 0 Å². The van der Waals surface area contributed by atoms with E-state index in [2.05, 4.69) is 4.90 Å². The summed E-state index contributed by atoms with van der Waals surface area (Å²) in [5, 5.41) is 19.4. The molecule has 0 amide bonds. The summed E-state index contributed by atoms with van der Waals surface area (Å²) in [6.07, 6.45) is 0.191. The Bertz CT molecular complexity index is 823. The van der Waals surface area contributed by atoms with Crippen molar-refractivity contribution in [3.63, 3.8) is 0 Å². The Morgan fingerprint density at radius 3 is 2.31 bits per heavy atom. The average Bonchev–Trinajstić information content (AvgIpc) is 2.64. The number of β-amino-alcohol motifs (C(OH)–C–C–N with tert-alkyl or cyclic N) is 1. The standard InChI is InChI=1S/C20H25NO4S/c22-14-17-10-11-21(13-20(17)23)12-16-6-4-5-7-18(16)15-26(24,25)19-8-2-1-3-9-19/h1-9,17,20,22-23H,10-15H2/t17-,20-/m1/s1. The third-order valence-corrected chi connectivity index (χ3v) is 6.68. The molecule has 0 bridgehead atoms. The van der Waals surface area contributed by atoms with E-state index in [1.165, 1.54) is 0 Å². The Hall–Kier alpha value is -1.73. The highest BCUT2D eigenvalue weighted by Gasteiger charge is 2.27. The third kappa shape index (κ3) is 4.51. The Kier molecular flexibility index (Phi) is 6.09. The monoisotopic (exact) mass is 375 g/mol. The number of sulfone groups is 1. The molecule has 2 N–H and O–H groups in total. The fourth-order valence-electron chi connectivity index (χ4n) is 3.41. The molecule has 2 atom stereocenters. The number of aliphatic hydroxyl groups is 2. The molecular formula is C20H25NO4S. The van der Waals surface area contributed by atoms with Gasteiger partial charge in [0.05, 0.1) is 16.8 Å². The fourth-order valence-corrected chi connectivity index (χ4v) is 4.84. The first-order chi connectivity index (χ1) is 12.5. The zero-order valence-electron chi connectivity index (χ0n) is 14.7. The van der Waals surface area contributed by atoms with Crippen molar-refractivity contribution in [2.45, 2.75) is 29.7 Å². The minimum absolute atomic E-state index is 0.000906. The molecule has 1 aliphatic heterocycles. The normalized spacial score (nSPS) is 21.6. The molecule has 0 spiro atoms. The molecule has 0 unspecified atom stereocenters. The first kappa shape index (κ1) is 19.0. The molecule has 26 heavy (non-hydrogen) atoms. The van der Waals surface area contributed by atoms with Crippen molar-refractivity contribution in [3.8, 4) is 0 Å². The number of nitrogens with zero attached hydrogens (tertiary/aromatic N) is 1. The van der Waals surface area contributed by atoms with E-state index in [-0.39, 0.29) is 18.3 Å². The highest BCUT2D eigenvalue weighted by molar-refractivity contribution is 7.90. The summed E-state index contributed by atoms with van der Waals surface area (Å²) in [6, 6.07) is 16.1. The Morgan fingerprint density at radius 2 is 1.65 bits per heavy atom. The van der Waals surface area contributed by atoms with E-state index in [0.29, 0.717) is 18.0 Å². The van der Waals surface area contributed by atoms with E-state index < -0.39 is 15.9 Å². The third-order valence-electron chi connectivity index (χ3n) is 5.00. The van der Waals surface area contributed by atoms with Crippen LogP contribution < -0.4 is 0 Å². The highest BCUT2D eigenvalue weighted by Crippen LogP contribution is 2.23. The van der Waals surface area contributed by atoms with Crippen LogP contribution in [0.15, 0.2) is 59.5 Å². The van der Waals surface area contributed by atoms with Crippen molar-refractivity contribution in [1.82, 2.24) is 4.90 Å². The Morgan fingerprint density at radius 1 is 1.00 bits per heavy atom. The first-order valence-electron chi connectivity index (χ1n) is 8.85. The summed E-state index contributed by atoms with van der Waals surface area (Å²) >= 11 is 0. The van der Waals surface area contributed by atoms with Gasteiger partial charge in [0.15, 0.2) is 9.84 Å².